The Labute approximate surface area is 158 Å². The van der Waals surface area contributed by atoms with E-state index < -0.39 is 0 Å². The van der Waals surface area contributed by atoms with E-state index in [1.807, 2.05) is 61.7 Å². The molecule has 26 heavy (non-hydrogen) atoms. The highest BCUT2D eigenvalue weighted by atomic mass is 32.1. The maximum Gasteiger partial charge on any atom is 0.273 e. The number of amides is 1. The van der Waals surface area contributed by atoms with E-state index in [4.69, 9.17) is 4.74 Å². The van der Waals surface area contributed by atoms with E-state index in [-0.39, 0.29) is 5.91 Å². The lowest BCUT2D eigenvalue weighted by molar-refractivity contribution is 0.0769. The van der Waals surface area contributed by atoms with Gasteiger partial charge in [0.25, 0.3) is 5.91 Å². The van der Waals surface area contributed by atoms with Crippen LogP contribution in [0.15, 0.2) is 53.9 Å². The molecule has 0 saturated carbocycles. The molecule has 0 aliphatic heterocycles. The highest BCUT2D eigenvalue weighted by Gasteiger charge is 2.16. The van der Waals surface area contributed by atoms with E-state index in [0.29, 0.717) is 18.8 Å². The highest BCUT2D eigenvalue weighted by Crippen LogP contribution is 2.23. The smallest absolute Gasteiger partial charge is 0.273 e. The van der Waals surface area contributed by atoms with Crippen molar-refractivity contribution in [2.75, 3.05) is 20.2 Å². The van der Waals surface area contributed by atoms with Crippen LogP contribution in [-0.2, 0) is 0 Å². The Morgan fingerprint density at radius 3 is 2.50 bits per heavy atom. The first kappa shape index (κ1) is 18.1. The van der Waals surface area contributed by atoms with Crippen LogP contribution in [0.3, 0.4) is 0 Å². The second-order valence-electron chi connectivity index (χ2n) is 6.30. The summed E-state index contributed by atoms with van der Waals surface area (Å²) in [6.45, 7) is 5.04. The Hall–Kier alpha value is -2.66. The SMILES string of the molecule is Cc1cc(C)cc(OCCN(C)C(=O)c2csc(-c3ccccc3)n2)c1. The van der Waals surface area contributed by atoms with Crippen LogP contribution >= 0.6 is 11.3 Å². The Bertz CT molecular complexity index is 870. The molecule has 0 radical (unpaired) electrons. The molecule has 1 amide bonds. The van der Waals surface area contributed by atoms with Crippen molar-refractivity contribution < 1.29 is 9.53 Å². The molecule has 0 unspecified atom stereocenters. The monoisotopic (exact) mass is 366 g/mol. The molecule has 0 spiro atoms. The summed E-state index contributed by atoms with van der Waals surface area (Å²) in [6, 6.07) is 16.0. The lowest BCUT2D eigenvalue weighted by Gasteiger charge is -2.16. The molecule has 0 atom stereocenters. The van der Waals surface area contributed by atoms with E-state index in [2.05, 4.69) is 11.1 Å². The number of ether oxygens (including phenoxy) is 1. The number of carbonyl (C=O) groups is 1. The van der Waals surface area contributed by atoms with E-state index in [1.54, 1.807) is 11.9 Å². The second kappa shape index (κ2) is 8.15. The van der Waals surface area contributed by atoms with E-state index in [9.17, 15) is 4.79 Å². The van der Waals surface area contributed by atoms with Gasteiger partial charge in [-0.15, -0.1) is 11.3 Å². The molecule has 2 aromatic carbocycles. The van der Waals surface area contributed by atoms with Gasteiger partial charge in [-0.2, -0.15) is 0 Å². The number of rotatable bonds is 6. The van der Waals surface area contributed by atoms with Crippen molar-refractivity contribution in [3.05, 3.63) is 70.7 Å². The van der Waals surface area contributed by atoms with E-state index >= 15 is 0 Å². The standard InChI is InChI=1S/C21H22N2O2S/c1-15-11-16(2)13-18(12-15)25-10-9-23(3)21(24)19-14-26-20(22-19)17-7-5-4-6-8-17/h4-8,11-14H,9-10H2,1-3H3. The topological polar surface area (TPSA) is 42.4 Å². The summed E-state index contributed by atoms with van der Waals surface area (Å²) in [6.07, 6.45) is 0. The Morgan fingerprint density at radius 2 is 1.81 bits per heavy atom. The van der Waals surface area contributed by atoms with Crippen LogP contribution in [0.25, 0.3) is 10.6 Å². The third kappa shape index (κ3) is 4.49. The van der Waals surface area contributed by atoms with Crippen LogP contribution in [0.1, 0.15) is 21.6 Å². The predicted molar refractivity (Wildman–Crippen MR) is 106 cm³/mol. The molecule has 3 rings (SSSR count). The number of likely N-dealkylation sites (N-methyl/N-ethyl adjacent to an activating group) is 1. The molecule has 1 aromatic heterocycles. The molecule has 5 heteroatoms. The Kier molecular flexibility index (Phi) is 5.68. The number of hydrogen-bond donors (Lipinski definition) is 0. The predicted octanol–water partition coefficient (Wildman–Crippen LogP) is 4.58. The van der Waals surface area contributed by atoms with Crippen molar-refractivity contribution in [1.29, 1.82) is 0 Å². The van der Waals surface area contributed by atoms with Crippen LogP contribution in [0.5, 0.6) is 5.75 Å². The lowest BCUT2D eigenvalue weighted by Crippen LogP contribution is -2.31. The molecule has 0 fully saturated rings. The molecular formula is C21H22N2O2S. The van der Waals surface area contributed by atoms with Gasteiger partial charge in [0.15, 0.2) is 0 Å². The van der Waals surface area contributed by atoms with Crippen LogP contribution in [0.2, 0.25) is 0 Å². The zero-order valence-corrected chi connectivity index (χ0v) is 16.0. The highest BCUT2D eigenvalue weighted by molar-refractivity contribution is 7.13. The van der Waals surface area contributed by atoms with Crippen molar-refractivity contribution in [2.45, 2.75) is 13.8 Å². The Balaban J connectivity index is 1.57. The summed E-state index contributed by atoms with van der Waals surface area (Å²) >= 11 is 1.48. The van der Waals surface area contributed by atoms with Crippen LogP contribution < -0.4 is 4.74 Å². The van der Waals surface area contributed by atoms with Gasteiger partial charge in [0.1, 0.15) is 23.1 Å². The molecule has 0 saturated heterocycles. The third-order valence-corrected chi connectivity index (χ3v) is 4.87. The van der Waals surface area contributed by atoms with Gasteiger partial charge in [-0.05, 0) is 37.1 Å². The number of aryl methyl sites for hydroxylation is 2. The number of aromatic nitrogens is 1. The lowest BCUT2D eigenvalue weighted by atomic mass is 10.1. The van der Waals surface area contributed by atoms with E-state index in [1.165, 1.54) is 22.5 Å². The minimum atomic E-state index is -0.0903. The first-order chi connectivity index (χ1) is 12.5. The van der Waals surface area contributed by atoms with Crippen LogP contribution in [0, 0.1) is 13.8 Å². The molecule has 134 valence electrons. The van der Waals surface area contributed by atoms with Crippen molar-refractivity contribution in [3.63, 3.8) is 0 Å². The average molecular weight is 366 g/mol. The first-order valence-corrected chi connectivity index (χ1v) is 9.38. The molecular weight excluding hydrogens is 344 g/mol. The van der Waals surface area contributed by atoms with Gasteiger partial charge >= 0.3 is 0 Å². The maximum absolute atomic E-state index is 12.6. The number of thiazole rings is 1. The number of carbonyl (C=O) groups excluding carboxylic acids is 1. The second-order valence-corrected chi connectivity index (χ2v) is 7.16. The molecule has 1 heterocycles. The molecule has 0 bridgehead atoms. The van der Waals surface area contributed by atoms with Crippen LogP contribution in [0.4, 0.5) is 0 Å². The summed E-state index contributed by atoms with van der Waals surface area (Å²) in [4.78, 5) is 18.7. The van der Waals surface area contributed by atoms with Gasteiger partial charge in [0.2, 0.25) is 0 Å². The minimum absolute atomic E-state index is 0.0903. The first-order valence-electron chi connectivity index (χ1n) is 8.50. The molecule has 0 aliphatic rings. The fraction of sp³-hybridized carbons (Fsp3) is 0.238. The molecule has 4 nitrogen and oxygen atoms in total. The van der Waals surface area contributed by atoms with Gasteiger partial charge in [0, 0.05) is 18.0 Å². The Morgan fingerprint density at radius 1 is 1.12 bits per heavy atom. The zero-order chi connectivity index (χ0) is 18.5. The number of benzene rings is 2. The summed E-state index contributed by atoms with van der Waals surface area (Å²) in [5, 5.41) is 2.67. The van der Waals surface area contributed by atoms with Crippen molar-refractivity contribution in [1.82, 2.24) is 9.88 Å². The summed E-state index contributed by atoms with van der Waals surface area (Å²) in [7, 11) is 1.77. The summed E-state index contributed by atoms with van der Waals surface area (Å²) in [5.74, 6) is 0.746. The average Bonchev–Trinajstić information content (AvgIpc) is 3.11. The zero-order valence-electron chi connectivity index (χ0n) is 15.2. The number of nitrogens with zero attached hydrogens (tertiary/aromatic N) is 2. The van der Waals surface area contributed by atoms with Gasteiger partial charge in [-0.3, -0.25) is 4.79 Å². The molecule has 0 N–H and O–H groups in total. The normalized spacial score (nSPS) is 10.6. The van der Waals surface area contributed by atoms with Gasteiger partial charge in [-0.1, -0.05) is 36.4 Å². The fourth-order valence-corrected chi connectivity index (χ4v) is 3.50. The van der Waals surface area contributed by atoms with Gasteiger partial charge < -0.3 is 9.64 Å². The third-order valence-electron chi connectivity index (χ3n) is 3.98. The van der Waals surface area contributed by atoms with Gasteiger partial charge in [-0.25, -0.2) is 4.98 Å². The number of hydrogen-bond acceptors (Lipinski definition) is 4. The quantitative estimate of drug-likeness (QED) is 0.641. The minimum Gasteiger partial charge on any atom is -0.492 e. The largest absolute Gasteiger partial charge is 0.492 e. The molecule has 0 aliphatic carbocycles. The van der Waals surface area contributed by atoms with Crippen molar-refractivity contribution in [2.24, 2.45) is 0 Å². The summed E-state index contributed by atoms with van der Waals surface area (Å²) in [5.41, 5.74) is 3.83. The maximum atomic E-state index is 12.6. The van der Waals surface area contributed by atoms with Crippen molar-refractivity contribution >= 4 is 17.2 Å². The fourth-order valence-electron chi connectivity index (χ4n) is 2.70. The van der Waals surface area contributed by atoms with Crippen LogP contribution in [-0.4, -0.2) is 36.0 Å². The summed E-state index contributed by atoms with van der Waals surface area (Å²) < 4.78 is 5.79. The van der Waals surface area contributed by atoms with E-state index in [0.717, 1.165) is 16.3 Å². The molecule has 3 aromatic rings. The van der Waals surface area contributed by atoms with Crippen molar-refractivity contribution in [3.8, 4) is 16.3 Å². The van der Waals surface area contributed by atoms with Gasteiger partial charge in [0.05, 0.1) is 6.54 Å².